The van der Waals surface area contributed by atoms with Crippen LogP contribution in [0.4, 0.5) is 29.3 Å². The Morgan fingerprint density at radius 3 is 2.45 bits per heavy atom. The van der Waals surface area contributed by atoms with Crippen LogP contribution < -0.4 is 10.6 Å². The Kier molecular flexibility index (Phi) is 4.61. The zero-order chi connectivity index (χ0) is 16.3. The molecule has 0 heterocycles. The summed E-state index contributed by atoms with van der Waals surface area (Å²) in [6, 6.07) is 8.73. The van der Waals surface area contributed by atoms with Crippen LogP contribution in [0.1, 0.15) is 11.1 Å². The lowest BCUT2D eigenvalue weighted by Gasteiger charge is -2.12. The van der Waals surface area contributed by atoms with Crippen molar-refractivity contribution in [2.45, 2.75) is 13.1 Å². The van der Waals surface area contributed by atoms with Crippen molar-refractivity contribution >= 4 is 29.0 Å². The van der Waals surface area contributed by atoms with E-state index in [1.807, 2.05) is 0 Å². The van der Waals surface area contributed by atoms with Gasteiger partial charge in [0.1, 0.15) is 0 Å². The molecule has 0 aliphatic heterocycles. The fourth-order valence-corrected chi connectivity index (χ4v) is 1.98. The largest absolute Gasteiger partial charge is 0.416 e. The highest BCUT2D eigenvalue weighted by atomic mass is 35.5. The third-order valence-electron chi connectivity index (χ3n) is 2.96. The van der Waals surface area contributed by atoms with Crippen LogP contribution in [-0.2, 0) is 6.18 Å². The number of halogens is 4. The summed E-state index contributed by atoms with van der Waals surface area (Å²) in [4.78, 5) is 11.9. The van der Waals surface area contributed by atoms with Crippen molar-refractivity contribution in [3.63, 3.8) is 0 Å². The third kappa shape index (κ3) is 3.92. The van der Waals surface area contributed by atoms with Crippen molar-refractivity contribution in [1.29, 1.82) is 0 Å². The Morgan fingerprint density at radius 2 is 1.77 bits per heavy atom. The van der Waals surface area contributed by atoms with Gasteiger partial charge in [-0.05, 0) is 42.8 Å². The van der Waals surface area contributed by atoms with Gasteiger partial charge < -0.3 is 10.6 Å². The van der Waals surface area contributed by atoms with Crippen molar-refractivity contribution in [2.24, 2.45) is 0 Å². The highest BCUT2D eigenvalue weighted by molar-refractivity contribution is 6.31. The van der Waals surface area contributed by atoms with Gasteiger partial charge in [-0.1, -0.05) is 23.7 Å². The molecule has 0 aliphatic carbocycles. The number of carbonyl (C=O) groups excluding carboxylic acids is 1. The quantitative estimate of drug-likeness (QED) is 0.770. The number of amides is 2. The highest BCUT2D eigenvalue weighted by Crippen LogP contribution is 2.30. The summed E-state index contributed by atoms with van der Waals surface area (Å²) in [5.41, 5.74) is 0.372. The monoisotopic (exact) mass is 328 g/mol. The minimum Gasteiger partial charge on any atom is -0.308 e. The maximum atomic E-state index is 12.6. The van der Waals surface area contributed by atoms with Crippen LogP contribution in [0.5, 0.6) is 0 Å². The Labute approximate surface area is 130 Å². The molecule has 0 unspecified atom stereocenters. The molecule has 7 heteroatoms. The second-order valence-electron chi connectivity index (χ2n) is 4.57. The molecule has 0 aliphatic rings. The molecule has 0 bridgehead atoms. The molecule has 2 rings (SSSR count). The standard InChI is InChI=1S/C15H12ClF3N2O/c1-9-12(16)6-3-7-13(9)21-14(22)20-11-5-2-4-10(8-11)15(17,18)19/h2-8H,1H3,(H2,20,21,22). The first-order valence-corrected chi connectivity index (χ1v) is 6.65. The average Bonchev–Trinajstić information content (AvgIpc) is 2.43. The van der Waals surface area contributed by atoms with Gasteiger partial charge in [0.25, 0.3) is 0 Å². The minimum atomic E-state index is -4.46. The zero-order valence-corrected chi connectivity index (χ0v) is 12.2. The molecule has 0 aromatic heterocycles. The lowest BCUT2D eigenvalue weighted by atomic mass is 10.2. The van der Waals surface area contributed by atoms with E-state index in [0.29, 0.717) is 16.3 Å². The molecule has 2 amide bonds. The molecule has 0 atom stereocenters. The van der Waals surface area contributed by atoms with Crippen LogP contribution in [-0.4, -0.2) is 6.03 Å². The van der Waals surface area contributed by atoms with Gasteiger partial charge in [-0.15, -0.1) is 0 Å². The van der Waals surface area contributed by atoms with Gasteiger partial charge in [0.2, 0.25) is 0 Å². The van der Waals surface area contributed by atoms with E-state index in [0.717, 1.165) is 12.1 Å². The first-order valence-electron chi connectivity index (χ1n) is 6.28. The second kappa shape index (κ2) is 6.27. The Balaban J connectivity index is 2.11. The zero-order valence-electron chi connectivity index (χ0n) is 11.5. The first kappa shape index (κ1) is 16.2. The van der Waals surface area contributed by atoms with E-state index in [1.54, 1.807) is 25.1 Å². The molecule has 2 aromatic carbocycles. The molecule has 0 saturated carbocycles. The van der Waals surface area contributed by atoms with Crippen molar-refractivity contribution in [3.05, 3.63) is 58.6 Å². The third-order valence-corrected chi connectivity index (χ3v) is 3.37. The number of urea groups is 1. The lowest BCUT2D eigenvalue weighted by molar-refractivity contribution is -0.137. The van der Waals surface area contributed by atoms with E-state index >= 15 is 0 Å². The predicted octanol–water partition coefficient (Wildman–Crippen LogP) is 5.31. The smallest absolute Gasteiger partial charge is 0.308 e. The average molecular weight is 329 g/mol. The van der Waals surface area contributed by atoms with E-state index in [2.05, 4.69) is 10.6 Å². The van der Waals surface area contributed by atoms with Crippen molar-refractivity contribution < 1.29 is 18.0 Å². The van der Waals surface area contributed by atoms with E-state index in [-0.39, 0.29) is 5.69 Å². The Morgan fingerprint density at radius 1 is 1.09 bits per heavy atom. The predicted molar refractivity (Wildman–Crippen MR) is 80.3 cm³/mol. The minimum absolute atomic E-state index is 0.0482. The summed E-state index contributed by atoms with van der Waals surface area (Å²) < 4.78 is 37.8. The summed E-state index contributed by atoms with van der Waals surface area (Å²) in [7, 11) is 0. The van der Waals surface area contributed by atoms with Gasteiger partial charge in [0.05, 0.1) is 5.56 Å². The number of hydrogen-bond donors (Lipinski definition) is 2. The van der Waals surface area contributed by atoms with Gasteiger partial charge in [0, 0.05) is 16.4 Å². The fraction of sp³-hybridized carbons (Fsp3) is 0.133. The van der Waals surface area contributed by atoms with Crippen LogP contribution in [0.2, 0.25) is 5.02 Å². The van der Waals surface area contributed by atoms with Crippen molar-refractivity contribution in [3.8, 4) is 0 Å². The number of carbonyl (C=O) groups is 1. The molecule has 22 heavy (non-hydrogen) atoms. The number of anilines is 2. The molecular weight excluding hydrogens is 317 g/mol. The summed E-state index contributed by atoms with van der Waals surface area (Å²) in [6.07, 6.45) is -4.46. The van der Waals surface area contributed by atoms with Gasteiger partial charge in [0.15, 0.2) is 0 Å². The van der Waals surface area contributed by atoms with Crippen molar-refractivity contribution in [1.82, 2.24) is 0 Å². The fourth-order valence-electron chi connectivity index (χ4n) is 1.80. The number of hydrogen-bond acceptors (Lipinski definition) is 1. The van der Waals surface area contributed by atoms with E-state index in [9.17, 15) is 18.0 Å². The molecule has 3 nitrogen and oxygen atoms in total. The Hall–Kier alpha value is -2.21. The maximum absolute atomic E-state index is 12.6. The Bertz CT molecular complexity index is 701. The summed E-state index contributed by atoms with van der Waals surface area (Å²) in [5.74, 6) is 0. The number of benzene rings is 2. The molecule has 2 N–H and O–H groups in total. The van der Waals surface area contributed by atoms with Gasteiger partial charge >= 0.3 is 12.2 Å². The molecule has 0 radical (unpaired) electrons. The topological polar surface area (TPSA) is 41.1 Å². The van der Waals surface area contributed by atoms with Crippen LogP contribution in [0.15, 0.2) is 42.5 Å². The van der Waals surface area contributed by atoms with Crippen LogP contribution >= 0.6 is 11.6 Å². The molecule has 0 fully saturated rings. The van der Waals surface area contributed by atoms with Crippen LogP contribution in [0.3, 0.4) is 0 Å². The molecule has 2 aromatic rings. The first-order chi connectivity index (χ1) is 10.3. The maximum Gasteiger partial charge on any atom is 0.416 e. The molecular formula is C15H12ClF3N2O. The van der Waals surface area contributed by atoms with E-state index in [4.69, 9.17) is 11.6 Å². The lowest BCUT2D eigenvalue weighted by Crippen LogP contribution is -2.20. The summed E-state index contributed by atoms with van der Waals surface area (Å²) in [5, 5.41) is 5.38. The number of nitrogens with one attached hydrogen (secondary N) is 2. The number of alkyl halides is 3. The van der Waals surface area contributed by atoms with E-state index in [1.165, 1.54) is 12.1 Å². The summed E-state index contributed by atoms with van der Waals surface area (Å²) in [6.45, 7) is 1.72. The molecule has 116 valence electrons. The molecule has 0 saturated heterocycles. The summed E-state index contributed by atoms with van der Waals surface area (Å²) >= 11 is 5.93. The van der Waals surface area contributed by atoms with Gasteiger partial charge in [-0.25, -0.2) is 4.79 Å². The SMILES string of the molecule is Cc1c(Cl)cccc1NC(=O)Nc1cccc(C(F)(F)F)c1. The second-order valence-corrected chi connectivity index (χ2v) is 4.98. The van der Waals surface area contributed by atoms with Crippen LogP contribution in [0, 0.1) is 6.92 Å². The van der Waals surface area contributed by atoms with Crippen molar-refractivity contribution in [2.75, 3.05) is 10.6 Å². The highest BCUT2D eigenvalue weighted by Gasteiger charge is 2.30. The normalized spacial score (nSPS) is 11.1. The number of rotatable bonds is 2. The molecule has 0 spiro atoms. The van der Waals surface area contributed by atoms with Gasteiger partial charge in [-0.2, -0.15) is 13.2 Å². The van der Waals surface area contributed by atoms with E-state index < -0.39 is 17.8 Å². The van der Waals surface area contributed by atoms with Crippen LogP contribution in [0.25, 0.3) is 0 Å². The van der Waals surface area contributed by atoms with Gasteiger partial charge in [-0.3, -0.25) is 0 Å².